The molecule has 0 unspecified atom stereocenters. The first kappa shape index (κ1) is 15.2. The van der Waals surface area contributed by atoms with Crippen LogP contribution in [0.2, 0.25) is 0 Å². The summed E-state index contributed by atoms with van der Waals surface area (Å²) in [6.45, 7) is 5.48. The van der Waals surface area contributed by atoms with Crippen LogP contribution in [-0.2, 0) is 0 Å². The molecule has 1 aliphatic rings. The van der Waals surface area contributed by atoms with Gasteiger partial charge in [0.05, 0.1) is 24.4 Å². The smallest absolute Gasteiger partial charge is 0.142 e. The summed E-state index contributed by atoms with van der Waals surface area (Å²) < 4.78 is 5.45. The summed E-state index contributed by atoms with van der Waals surface area (Å²) >= 11 is 0. The first-order valence-corrected chi connectivity index (χ1v) is 7.73. The summed E-state index contributed by atoms with van der Waals surface area (Å²) in [6.07, 6.45) is 0. The van der Waals surface area contributed by atoms with Crippen LogP contribution in [0.4, 0.5) is 11.5 Å². The number of aromatic nitrogens is 1. The van der Waals surface area contributed by atoms with Crippen LogP contribution in [0.3, 0.4) is 0 Å². The number of nitrogens with zero attached hydrogens (tertiary/aromatic N) is 4. The first-order valence-electron chi connectivity index (χ1n) is 7.73. The van der Waals surface area contributed by atoms with Crippen LogP contribution < -0.4 is 14.5 Å². The number of para-hydroxylation sites is 2. The maximum absolute atomic E-state index is 9.11. The second-order valence-electron chi connectivity index (χ2n) is 5.61. The molecule has 0 atom stereocenters. The van der Waals surface area contributed by atoms with Crippen LogP contribution in [0.1, 0.15) is 11.3 Å². The average Bonchev–Trinajstić information content (AvgIpc) is 2.61. The number of ether oxygens (including phenoxy) is 1. The Balaban J connectivity index is 1.74. The van der Waals surface area contributed by atoms with Gasteiger partial charge in [0.2, 0.25) is 0 Å². The van der Waals surface area contributed by atoms with Crippen molar-refractivity contribution in [3.8, 4) is 11.8 Å². The summed E-state index contributed by atoms with van der Waals surface area (Å²) in [5, 5.41) is 9.11. The number of aryl methyl sites for hydroxylation is 1. The van der Waals surface area contributed by atoms with E-state index in [2.05, 4.69) is 26.9 Å². The predicted octanol–water partition coefficient (Wildman–Crippen LogP) is 2.60. The normalized spacial score (nSPS) is 14.5. The third-order valence-electron chi connectivity index (χ3n) is 4.10. The van der Waals surface area contributed by atoms with Gasteiger partial charge in [0, 0.05) is 31.9 Å². The lowest BCUT2D eigenvalue weighted by Crippen LogP contribution is -2.47. The van der Waals surface area contributed by atoms with E-state index >= 15 is 0 Å². The lowest BCUT2D eigenvalue weighted by atomic mass is 10.2. The van der Waals surface area contributed by atoms with Crippen molar-refractivity contribution in [1.82, 2.24) is 4.98 Å². The Labute approximate surface area is 136 Å². The van der Waals surface area contributed by atoms with Crippen molar-refractivity contribution < 1.29 is 4.74 Å². The van der Waals surface area contributed by atoms with E-state index in [4.69, 9.17) is 10.00 Å². The number of anilines is 2. The molecule has 0 radical (unpaired) electrons. The Morgan fingerprint density at radius 3 is 2.48 bits per heavy atom. The molecular formula is C18H20N4O. The van der Waals surface area contributed by atoms with Crippen LogP contribution in [0.15, 0.2) is 36.4 Å². The third kappa shape index (κ3) is 3.21. The number of piperazine rings is 1. The number of benzene rings is 1. The van der Waals surface area contributed by atoms with Gasteiger partial charge in [-0.3, -0.25) is 0 Å². The molecule has 1 aromatic heterocycles. The van der Waals surface area contributed by atoms with Crippen molar-refractivity contribution in [3.05, 3.63) is 47.7 Å². The molecule has 2 aromatic rings. The van der Waals surface area contributed by atoms with Crippen molar-refractivity contribution in [2.45, 2.75) is 6.92 Å². The molecule has 1 saturated heterocycles. The van der Waals surface area contributed by atoms with Crippen LogP contribution in [0.25, 0.3) is 0 Å². The lowest BCUT2D eigenvalue weighted by molar-refractivity contribution is 0.413. The largest absolute Gasteiger partial charge is 0.495 e. The van der Waals surface area contributed by atoms with Gasteiger partial charge in [0.25, 0.3) is 0 Å². The number of nitriles is 1. The molecule has 1 fully saturated rings. The molecule has 5 heteroatoms. The van der Waals surface area contributed by atoms with Crippen LogP contribution in [0.5, 0.6) is 5.75 Å². The second kappa shape index (κ2) is 6.57. The van der Waals surface area contributed by atoms with Crippen molar-refractivity contribution in [1.29, 1.82) is 5.26 Å². The number of methoxy groups -OCH3 is 1. The van der Waals surface area contributed by atoms with Crippen molar-refractivity contribution in [2.24, 2.45) is 0 Å². The Bertz CT molecular complexity index is 730. The highest BCUT2D eigenvalue weighted by atomic mass is 16.5. The first-order chi connectivity index (χ1) is 11.2. The zero-order chi connectivity index (χ0) is 16.2. The molecule has 1 aromatic carbocycles. The Morgan fingerprint density at radius 1 is 1.09 bits per heavy atom. The molecule has 5 nitrogen and oxygen atoms in total. The van der Waals surface area contributed by atoms with Gasteiger partial charge in [-0.2, -0.15) is 5.26 Å². The lowest BCUT2D eigenvalue weighted by Gasteiger charge is -2.37. The minimum Gasteiger partial charge on any atom is -0.495 e. The van der Waals surface area contributed by atoms with E-state index in [0.29, 0.717) is 5.56 Å². The second-order valence-corrected chi connectivity index (χ2v) is 5.61. The molecule has 0 saturated carbocycles. The molecule has 0 spiro atoms. The highest BCUT2D eigenvalue weighted by Crippen LogP contribution is 2.29. The van der Waals surface area contributed by atoms with E-state index in [1.807, 2.05) is 37.3 Å². The topological polar surface area (TPSA) is 52.4 Å². The maximum atomic E-state index is 9.11. The number of pyridine rings is 1. The quantitative estimate of drug-likeness (QED) is 0.872. The molecule has 0 bridgehead atoms. The third-order valence-corrected chi connectivity index (χ3v) is 4.10. The minimum atomic E-state index is 0.666. The van der Waals surface area contributed by atoms with Gasteiger partial charge < -0.3 is 14.5 Å². The molecule has 23 heavy (non-hydrogen) atoms. The SMILES string of the molecule is COc1ccccc1N1CCN(c2cc(C#N)cc(C)n2)CC1. The molecule has 118 valence electrons. The zero-order valence-corrected chi connectivity index (χ0v) is 13.5. The van der Waals surface area contributed by atoms with E-state index < -0.39 is 0 Å². The summed E-state index contributed by atoms with van der Waals surface area (Å²) in [4.78, 5) is 9.13. The predicted molar refractivity (Wildman–Crippen MR) is 91.1 cm³/mol. The summed E-state index contributed by atoms with van der Waals surface area (Å²) in [7, 11) is 1.70. The van der Waals surface area contributed by atoms with E-state index in [1.54, 1.807) is 7.11 Å². The van der Waals surface area contributed by atoms with Crippen molar-refractivity contribution in [2.75, 3.05) is 43.1 Å². The van der Waals surface area contributed by atoms with E-state index in [1.165, 1.54) is 0 Å². The number of hydrogen-bond acceptors (Lipinski definition) is 5. The van der Waals surface area contributed by atoms with Crippen molar-refractivity contribution >= 4 is 11.5 Å². The van der Waals surface area contributed by atoms with Crippen molar-refractivity contribution in [3.63, 3.8) is 0 Å². The molecule has 1 aliphatic heterocycles. The van der Waals surface area contributed by atoms with Gasteiger partial charge in [-0.05, 0) is 31.2 Å². The van der Waals surface area contributed by atoms with Gasteiger partial charge in [-0.15, -0.1) is 0 Å². The van der Waals surface area contributed by atoms with Crippen LogP contribution in [-0.4, -0.2) is 38.3 Å². The van der Waals surface area contributed by atoms with Crippen LogP contribution >= 0.6 is 0 Å². The summed E-state index contributed by atoms with van der Waals surface area (Å²) in [5.74, 6) is 1.79. The fourth-order valence-corrected chi connectivity index (χ4v) is 2.95. The minimum absolute atomic E-state index is 0.666. The zero-order valence-electron chi connectivity index (χ0n) is 13.5. The van der Waals surface area contributed by atoms with E-state index in [9.17, 15) is 0 Å². The fraction of sp³-hybridized carbons (Fsp3) is 0.333. The summed E-state index contributed by atoms with van der Waals surface area (Å²) in [6, 6.07) is 14.0. The number of hydrogen-bond donors (Lipinski definition) is 0. The van der Waals surface area contributed by atoms with Gasteiger partial charge in [0.1, 0.15) is 11.6 Å². The molecular weight excluding hydrogens is 288 g/mol. The number of rotatable bonds is 3. The Kier molecular flexibility index (Phi) is 4.33. The fourth-order valence-electron chi connectivity index (χ4n) is 2.95. The molecule has 3 rings (SSSR count). The highest BCUT2D eigenvalue weighted by Gasteiger charge is 2.20. The van der Waals surface area contributed by atoms with Gasteiger partial charge in [-0.1, -0.05) is 12.1 Å². The summed E-state index contributed by atoms with van der Waals surface area (Å²) in [5.41, 5.74) is 2.68. The Morgan fingerprint density at radius 2 is 1.78 bits per heavy atom. The Hall–Kier alpha value is -2.74. The van der Waals surface area contributed by atoms with Gasteiger partial charge >= 0.3 is 0 Å². The van der Waals surface area contributed by atoms with Gasteiger partial charge in [-0.25, -0.2) is 4.98 Å². The molecule has 0 amide bonds. The standard InChI is InChI=1S/C18H20N4O/c1-14-11-15(13-19)12-18(20-14)22-9-7-21(8-10-22)16-5-3-4-6-17(16)23-2/h3-6,11-12H,7-10H2,1-2H3. The van der Waals surface area contributed by atoms with Gasteiger partial charge in [0.15, 0.2) is 0 Å². The van der Waals surface area contributed by atoms with E-state index in [-0.39, 0.29) is 0 Å². The molecule has 0 N–H and O–H groups in total. The average molecular weight is 308 g/mol. The highest BCUT2D eigenvalue weighted by molar-refractivity contribution is 5.59. The molecule has 2 heterocycles. The maximum Gasteiger partial charge on any atom is 0.142 e. The van der Waals surface area contributed by atoms with E-state index in [0.717, 1.165) is 49.1 Å². The van der Waals surface area contributed by atoms with Crippen LogP contribution in [0, 0.1) is 18.3 Å². The molecule has 0 aliphatic carbocycles. The monoisotopic (exact) mass is 308 g/mol.